The molecule has 8 heteroatoms. The molecule has 3 unspecified atom stereocenters. The van der Waals surface area contributed by atoms with Gasteiger partial charge in [0.1, 0.15) is 0 Å². The molecule has 0 radical (unpaired) electrons. The third-order valence-corrected chi connectivity index (χ3v) is 3.81. The highest BCUT2D eigenvalue weighted by atomic mass is 19.4. The standard InChI is InChI=1S/C10H16F5N3/c11-9(12,10(13,14)15)8(5-16)18-4-3-17-2-1-7(18)6-17/h7-8H,1-6,16H2. The molecule has 2 N–H and O–H groups in total. The van der Waals surface area contributed by atoms with Crippen molar-refractivity contribution < 1.29 is 22.0 Å². The Morgan fingerprint density at radius 3 is 2.33 bits per heavy atom. The summed E-state index contributed by atoms with van der Waals surface area (Å²) in [6, 6.07) is -2.19. The van der Waals surface area contributed by atoms with E-state index in [1.165, 1.54) is 4.90 Å². The van der Waals surface area contributed by atoms with E-state index in [2.05, 4.69) is 4.90 Å². The molecule has 2 heterocycles. The molecule has 3 atom stereocenters. The SMILES string of the molecule is NCC(N1CCN2CCC1C2)C(F)(F)C(F)(F)F. The lowest BCUT2D eigenvalue weighted by molar-refractivity contribution is -0.304. The average molecular weight is 273 g/mol. The normalized spacial score (nSPS) is 31.7. The van der Waals surface area contributed by atoms with Crippen LogP contribution in [0.2, 0.25) is 0 Å². The number of piperazine rings is 1. The van der Waals surface area contributed by atoms with Gasteiger partial charge in [0.15, 0.2) is 0 Å². The van der Waals surface area contributed by atoms with E-state index >= 15 is 0 Å². The molecule has 0 aromatic heterocycles. The maximum atomic E-state index is 13.4. The summed E-state index contributed by atoms with van der Waals surface area (Å²) in [7, 11) is 0. The Balaban J connectivity index is 2.18. The molecule has 2 saturated heterocycles. The highest BCUT2D eigenvalue weighted by molar-refractivity contribution is 4.99. The van der Waals surface area contributed by atoms with E-state index < -0.39 is 24.7 Å². The maximum absolute atomic E-state index is 13.4. The molecule has 0 amide bonds. The summed E-state index contributed by atoms with van der Waals surface area (Å²) in [5.74, 6) is -4.76. The zero-order valence-corrected chi connectivity index (χ0v) is 9.76. The van der Waals surface area contributed by atoms with Gasteiger partial charge in [0.2, 0.25) is 0 Å². The van der Waals surface area contributed by atoms with Crippen molar-refractivity contribution in [1.29, 1.82) is 0 Å². The first-order chi connectivity index (χ1) is 8.27. The monoisotopic (exact) mass is 273 g/mol. The number of hydrogen-bond donors (Lipinski definition) is 1. The molecule has 2 aliphatic heterocycles. The number of nitrogens with zero attached hydrogens (tertiary/aromatic N) is 2. The van der Waals surface area contributed by atoms with Gasteiger partial charge in [-0.25, -0.2) is 0 Å². The fourth-order valence-electron chi connectivity index (χ4n) is 2.82. The minimum Gasteiger partial charge on any atom is -0.329 e. The number of fused-ring (bicyclic) bond motifs is 2. The molecular weight excluding hydrogens is 257 g/mol. The quantitative estimate of drug-likeness (QED) is 0.776. The number of hydrogen-bond acceptors (Lipinski definition) is 3. The van der Waals surface area contributed by atoms with Crippen molar-refractivity contribution in [2.75, 3.05) is 32.7 Å². The van der Waals surface area contributed by atoms with Gasteiger partial charge in [-0.2, -0.15) is 22.0 Å². The molecule has 3 nitrogen and oxygen atoms in total. The van der Waals surface area contributed by atoms with E-state index in [0.717, 1.165) is 6.54 Å². The third kappa shape index (κ3) is 2.21. The van der Waals surface area contributed by atoms with Crippen molar-refractivity contribution in [3.05, 3.63) is 0 Å². The van der Waals surface area contributed by atoms with Gasteiger partial charge in [-0.15, -0.1) is 0 Å². The van der Waals surface area contributed by atoms with Crippen molar-refractivity contribution >= 4 is 0 Å². The molecule has 106 valence electrons. The van der Waals surface area contributed by atoms with E-state index in [4.69, 9.17) is 5.73 Å². The van der Waals surface area contributed by atoms with Crippen LogP contribution in [-0.2, 0) is 0 Å². The summed E-state index contributed by atoms with van der Waals surface area (Å²) in [6.45, 7) is 1.38. The molecule has 2 rings (SSSR count). The van der Waals surface area contributed by atoms with Crippen LogP contribution in [0.25, 0.3) is 0 Å². The minimum absolute atomic E-state index is 0.220. The smallest absolute Gasteiger partial charge is 0.329 e. The van der Waals surface area contributed by atoms with Crippen LogP contribution in [0.5, 0.6) is 0 Å². The molecule has 0 saturated carbocycles. The topological polar surface area (TPSA) is 32.5 Å². The summed E-state index contributed by atoms with van der Waals surface area (Å²) in [5, 5.41) is 0. The molecule has 0 aliphatic carbocycles. The first kappa shape index (κ1) is 14.0. The van der Waals surface area contributed by atoms with Gasteiger partial charge in [0.25, 0.3) is 0 Å². The molecule has 0 spiro atoms. The number of rotatable bonds is 3. The molecule has 0 aromatic carbocycles. The van der Waals surface area contributed by atoms with Crippen molar-refractivity contribution in [2.24, 2.45) is 5.73 Å². The van der Waals surface area contributed by atoms with E-state index in [-0.39, 0.29) is 12.6 Å². The first-order valence-electron chi connectivity index (χ1n) is 5.90. The Morgan fingerprint density at radius 1 is 1.11 bits per heavy atom. The minimum atomic E-state index is -5.55. The molecule has 2 fully saturated rings. The Kier molecular flexibility index (Phi) is 3.54. The second-order valence-corrected chi connectivity index (χ2v) is 4.85. The van der Waals surface area contributed by atoms with Crippen LogP contribution >= 0.6 is 0 Å². The van der Waals surface area contributed by atoms with Crippen molar-refractivity contribution in [2.45, 2.75) is 30.6 Å². The van der Waals surface area contributed by atoms with Crippen molar-refractivity contribution in [3.8, 4) is 0 Å². The van der Waals surface area contributed by atoms with Crippen LogP contribution < -0.4 is 5.73 Å². The zero-order chi connectivity index (χ0) is 13.6. The fraction of sp³-hybridized carbons (Fsp3) is 1.00. The summed E-state index contributed by atoms with van der Waals surface area (Å²) in [4.78, 5) is 3.32. The Bertz CT molecular complexity index is 306. The highest BCUT2D eigenvalue weighted by Gasteiger charge is 2.64. The summed E-state index contributed by atoms with van der Waals surface area (Å²) >= 11 is 0. The Hall–Kier alpha value is -0.470. The van der Waals surface area contributed by atoms with Crippen LogP contribution in [0.1, 0.15) is 6.42 Å². The Morgan fingerprint density at radius 2 is 1.78 bits per heavy atom. The molecule has 0 aromatic rings. The van der Waals surface area contributed by atoms with E-state index in [1.807, 2.05) is 0 Å². The lowest BCUT2D eigenvalue weighted by Crippen LogP contribution is -2.63. The van der Waals surface area contributed by atoms with Gasteiger partial charge in [-0.05, 0) is 13.0 Å². The van der Waals surface area contributed by atoms with Gasteiger partial charge < -0.3 is 10.6 Å². The average Bonchev–Trinajstić information content (AvgIpc) is 2.63. The van der Waals surface area contributed by atoms with Crippen LogP contribution in [-0.4, -0.2) is 66.7 Å². The van der Waals surface area contributed by atoms with E-state index in [1.54, 1.807) is 0 Å². The summed E-state index contributed by atoms with van der Waals surface area (Å²) in [5.41, 5.74) is 5.18. The second-order valence-electron chi connectivity index (χ2n) is 4.85. The molecule has 2 aliphatic rings. The zero-order valence-electron chi connectivity index (χ0n) is 9.76. The lowest BCUT2D eigenvalue weighted by atomic mass is 10.0. The fourth-order valence-corrected chi connectivity index (χ4v) is 2.82. The number of halogens is 5. The predicted octanol–water partition coefficient (Wildman–Crippen LogP) is 0.901. The van der Waals surface area contributed by atoms with Crippen LogP contribution in [0.3, 0.4) is 0 Å². The van der Waals surface area contributed by atoms with Gasteiger partial charge >= 0.3 is 12.1 Å². The molecular formula is C10H16F5N3. The molecule has 18 heavy (non-hydrogen) atoms. The van der Waals surface area contributed by atoms with E-state index in [9.17, 15) is 22.0 Å². The van der Waals surface area contributed by atoms with E-state index in [0.29, 0.717) is 19.5 Å². The highest BCUT2D eigenvalue weighted by Crippen LogP contribution is 2.41. The van der Waals surface area contributed by atoms with Crippen LogP contribution in [0, 0.1) is 0 Å². The number of nitrogens with two attached hydrogens (primary N) is 1. The van der Waals surface area contributed by atoms with Gasteiger partial charge in [0.05, 0.1) is 6.04 Å². The molecule has 2 bridgehead atoms. The Labute approximate surface area is 102 Å². The van der Waals surface area contributed by atoms with Crippen molar-refractivity contribution in [1.82, 2.24) is 9.80 Å². The van der Waals surface area contributed by atoms with Gasteiger partial charge in [-0.3, -0.25) is 4.90 Å². The van der Waals surface area contributed by atoms with Crippen molar-refractivity contribution in [3.63, 3.8) is 0 Å². The first-order valence-corrected chi connectivity index (χ1v) is 5.90. The van der Waals surface area contributed by atoms with Crippen LogP contribution in [0.15, 0.2) is 0 Å². The maximum Gasteiger partial charge on any atom is 0.455 e. The van der Waals surface area contributed by atoms with Crippen LogP contribution in [0.4, 0.5) is 22.0 Å². The second kappa shape index (κ2) is 4.57. The van der Waals surface area contributed by atoms with Gasteiger partial charge in [-0.1, -0.05) is 0 Å². The third-order valence-electron chi connectivity index (χ3n) is 3.81. The summed E-state index contributed by atoms with van der Waals surface area (Å²) < 4.78 is 64.2. The lowest BCUT2D eigenvalue weighted by Gasteiger charge is -2.42. The van der Waals surface area contributed by atoms with Gasteiger partial charge in [0, 0.05) is 32.2 Å². The largest absolute Gasteiger partial charge is 0.455 e. The summed E-state index contributed by atoms with van der Waals surface area (Å²) in [6.07, 6.45) is -4.92. The number of alkyl halides is 5. The predicted molar refractivity (Wildman–Crippen MR) is 55.4 cm³/mol.